The Morgan fingerprint density at radius 1 is 1.17 bits per heavy atom. The van der Waals surface area contributed by atoms with E-state index < -0.39 is 0 Å². The summed E-state index contributed by atoms with van der Waals surface area (Å²) in [5, 5.41) is 3.60. The molecule has 1 aliphatic carbocycles. The number of benzene rings is 1. The molecule has 1 N–H and O–H groups in total. The lowest BCUT2D eigenvalue weighted by Crippen LogP contribution is -2.32. The van der Waals surface area contributed by atoms with Crippen LogP contribution in [0.3, 0.4) is 0 Å². The summed E-state index contributed by atoms with van der Waals surface area (Å²) in [5.74, 6) is 2.41. The molecule has 3 atom stereocenters. The zero-order chi connectivity index (χ0) is 13.0. The minimum absolute atomic E-state index is 0.687. The number of hydrogen-bond acceptors (Lipinski definition) is 2. The van der Waals surface area contributed by atoms with Crippen LogP contribution in [-0.2, 0) is 0 Å². The van der Waals surface area contributed by atoms with Crippen LogP contribution in [0.15, 0.2) is 24.3 Å². The fourth-order valence-electron chi connectivity index (χ4n) is 3.16. The van der Waals surface area contributed by atoms with Crippen LogP contribution in [-0.4, -0.2) is 19.2 Å². The molecule has 1 aliphatic rings. The molecule has 0 heterocycles. The van der Waals surface area contributed by atoms with Gasteiger partial charge in [0.25, 0.3) is 0 Å². The third-order valence-electron chi connectivity index (χ3n) is 4.14. The Hall–Kier alpha value is -1.02. The van der Waals surface area contributed by atoms with Crippen molar-refractivity contribution in [2.75, 3.05) is 13.2 Å². The number of ether oxygens (including phenoxy) is 1. The lowest BCUT2D eigenvalue weighted by molar-refractivity contribution is 0.340. The summed E-state index contributed by atoms with van der Waals surface area (Å²) >= 11 is 0. The molecule has 0 saturated heterocycles. The molecule has 0 aromatic heterocycles. The SMILES string of the molecule is CCNC1CCC(c2ccc(OCC)cc2)C1C. The first-order chi connectivity index (χ1) is 8.76. The van der Waals surface area contributed by atoms with Crippen molar-refractivity contribution in [1.82, 2.24) is 5.32 Å². The summed E-state index contributed by atoms with van der Waals surface area (Å²) in [6.45, 7) is 8.40. The maximum atomic E-state index is 5.50. The average Bonchev–Trinajstić information content (AvgIpc) is 2.73. The van der Waals surface area contributed by atoms with Crippen LogP contribution in [0.2, 0.25) is 0 Å². The van der Waals surface area contributed by atoms with E-state index >= 15 is 0 Å². The van der Waals surface area contributed by atoms with Crippen molar-refractivity contribution >= 4 is 0 Å². The molecule has 1 aromatic carbocycles. The van der Waals surface area contributed by atoms with E-state index in [0.717, 1.165) is 24.8 Å². The van der Waals surface area contributed by atoms with E-state index in [-0.39, 0.29) is 0 Å². The quantitative estimate of drug-likeness (QED) is 0.858. The smallest absolute Gasteiger partial charge is 0.119 e. The first-order valence-electron chi connectivity index (χ1n) is 7.22. The van der Waals surface area contributed by atoms with E-state index in [1.54, 1.807) is 0 Å². The van der Waals surface area contributed by atoms with Gasteiger partial charge in [-0.25, -0.2) is 0 Å². The Balaban J connectivity index is 2.03. The van der Waals surface area contributed by atoms with Gasteiger partial charge in [0.05, 0.1) is 6.61 Å². The number of rotatable bonds is 5. The monoisotopic (exact) mass is 247 g/mol. The highest BCUT2D eigenvalue weighted by atomic mass is 16.5. The molecule has 18 heavy (non-hydrogen) atoms. The van der Waals surface area contributed by atoms with E-state index in [2.05, 4.69) is 43.4 Å². The number of hydrogen-bond donors (Lipinski definition) is 1. The fraction of sp³-hybridized carbons (Fsp3) is 0.625. The molecular weight excluding hydrogens is 222 g/mol. The Bertz CT molecular complexity index is 360. The molecule has 0 amide bonds. The van der Waals surface area contributed by atoms with Crippen molar-refractivity contribution in [3.05, 3.63) is 29.8 Å². The second-order valence-electron chi connectivity index (χ2n) is 5.21. The molecule has 2 nitrogen and oxygen atoms in total. The molecule has 1 fully saturated rings. The second-order valence-corrected chi connectivity index (χ2v) is 5.21. The molecule has 100 valence electrons. The minimum atomic E-state index is 0.687. The lowest BCUT2D eigenvalue weighted by Gasteiger charge is -2.21. The summed E-state index contributed by atoms with van der Waals surface area (Å²) in [4.78, 5) is 0. The second kappa shape index (κ2) is 6.24. The average molecular weight is 247 g/mol. The molecule has 0 aliphatic heterocycles. The highest BCUT2D eigenvalue weighted by Gasteiger charge is 2.32. The van der Waals surface area contributed by atoms with Gasteiger partial charge in [0.2, 0.25) is 0 Å². The highest BCUT2D eigenvalue weighted by Crippen LogP contribution is 2.39. The summed E-state index contributed by atoms with van der Waals surface area (Å²) < 4.78 is 5.50. The zero-order valence-electron chi connectivity index (χ0n) is 11.8. The van der Waals surface area contributed by atoms with E-state index in [4.69, 9.17) is 4.74 Å². The van der Waals surface area contributed by atoms with Gasteiger partial charge in [0, 0.05) is 6.04 Å². The van der Waals surface area contributed by atoms with E-state index in [1.165, 1.54) is 18.4 Å². The first kappa shape index (κ1) is 13.4. The summed E-state index contributed by atoms with van der Waals surface area (Å²) in [7, 11) is 0. The predicted molar refractivity (Wildman–Crippen MR) is 76.2 cm³/mol. The topological polar surface area (TPSA) is 21.3 Å². The summed E-state index contributed by atoms with van der Waals surface area (Å²) in [6.07, 6.45) is 2.60. The third-order valence-corrected chi connectivity index (χ3v) is 4.14. The van der Waals surface area contributed by atoms with Gasteiger partial charge in [-0.2, -0.15) is 0 Å². The van der Waals surface area contributed by atoms with E-state index in [1.807, 2.05) is 6.92 Å². The van der Waals surface area contributed by atoms with Gasteiger partial charge in [-0.15, -0.1) is 0 Å². The molecule has 0 bridgehead atoms. The van der Waals surface area contributed by atoms with Gasteiger partial charge in [-0.05, 0) is 55.8 Å². The van der Waals surface area contributed by atoms with Gasteiger partial charge in [-0.3, -0.25) is 0 Å². The van der Waals surface area contributed by atoms with Gasteiger partial charge in [-0.1, -0.05) is 26.0 Å². The predicted octanol–water partition coefficient (Wildman–Crippen LogP) is 3.58. The van der Waals surface area contributed by atoms with Crippen LogP contribution in [0.1, 0.15) is 45.1 Å². The highest BCUT2D eigenvalue weighted by molar-refractivity contribution is 5.30. The van der Waals surface area contributed by atoms with Crippen molar-refractivity contribution < 1.29 is 4.74 Å². The van der Waals surface area contributed by atoms with Crippen molar-refractivity contribution in [3.63, 3.8) is 0 Å². The van der Waals surface area contributed by atoms with Crippen molar-refractivity contribution in [1.29, 1.82) is 0 Å². The van der Waals surface area contributed by atoms with Gasteiger partial charge in [0.1, 0.15) is 5.75 Å². The van der Waals surface area contributed by atoms with Crippen molar-refractivity contribution in [2.24, 2.45) is 5.92 Å². The maximum absolute atomic E-state index is 5.50. The number of nitrogens with one attached hydrogen (secondary N) is 1. The van der Waals surface area contributed by atoms with Crippen LogP contribution in [0.25, 0.3) is 0 Å². The van der Waals surface area contributed by atoms with E-state index in [9.17, 15) is 0 Å². The molecule has 2 heteroatoms. The van der Waals surface area contributed by atoms with Crippen molar-refractivity contribution in [2.45, 2.75) is 45.6 Å². The molecule has 3 unspecified atom stereocenters. The van der Waals surface area contributed by atoms with Crippen LogP contribution in [0.5, 0.6) is 5.75 Å². The summed E-state index contributed by atoms with van der Waals surface area (Å²) in [6, 6.07) is 9.37. The van der Waals surface area contributed by atoms with Crippen LogP contribution >= 0.6 is 0 Å². The molecule has 0 spiro atoms. The molecule has 1 saturated carbocycles. The standard InChI is InChI=1S/C16H25NO/c1-4-17-16-11-10-15(12(16)3)13-6-8-14(9-7-13)18-5-2/h6-9,12,15-17H,4-5,10-11H2,1-3H3. The fourth-order valence-corrected chi connectivity index (χ4v) is 3.16. The molecular formula is C16H25NO. The Morgan fingerprint density at radius 3 is 2.50 bits per heavy atom. The van der Waals surface area contributed by atoms with Gasteiger partial charge >= 0.3 is 0 Å². The Kier molecular flexibility index (Phi) is 4.65. The van der Waals surface area contributed by atoms with Crippen LogP contribution in [0, 0.1) is 5.92 Å². The summed E-state index contributed by atoms with van der Waals surface area (Å²) in [5.41, 5.74) is 1.46. The largest absolute Gasteiger partial charge is 0.494 e. The molecule has 2 rings (SSSR count). The Labute approximate surface area is 111 Å². The first-order valence-corrected chi connectivity index (χ1v) is 7.22. The lowest BCUT2D eigenvalue weighted by atomic mass is 9.89. The van der Waals surface area contributed by atoms with Crippen LogP contribution < -0.4 is 10.1 Å². The third kappa shape index (κ3) is 2.86. The van der Waals surface area contributed by atoms with Crippen molar-refractivity contribution in [3.8, 4) is 5.75 Å². The normalized spacial score (nSPS) is 27.4. The molecule has 0 radical (unpaired) electrons. The zero-order valence-corrected chi connectivity index (χ0v) is 11.8. The van der Waals surface area contributed by atoms with E-state index in [0.29, 0.717) is 12.0 Å². The minimum Gasteiger partial charge on any atom is -0.494 e. The molecule has 1 aromatic rings. The van der Waals surface area contributed by atoms with Crippen LogP contribution in [0.4, 0.5) is 0 Å². The Morgan fingerprint density at radius 2 is 1.89 bits per heavy atom. The van der Waals surface area contributed by atoms with Gasteiger partial charge in [0.15, 0.2) is 0 Å². The maximum Gasteiger partial charge on any atom is 0.119 e. The van der Waals surface area contributed by atoms with Gasteiger partial charge < -0.3 is 10.1 Å².